The summed E-state index contributed by atoms with van der Waals surface area (Å²) >= 11 is 0. The minimum atomic E-state index is -3.43. The summed E-state index contributed by atoms with van der Waals surface area (Å²) in [6.07, 6.45) is 2.63. The quantitative estimate of drug-likeness (QED) is 0.738. The Morgan fingerprint density at radius 1 is 1.53 bits per heavy atom. The summed E-state index contributed by atoms with van der Waals surface area (Å²) in [4.78, 5) is 0. The van der Waals surface area contributed by atoms with Gasteiger partial charge in [-0.25, -0.2) is 8.42 Å². The molecule has 0 spiro atoms. The standard InChI is InChI=1S/C10H18N2O2S/c1-4-10-6-5-8(2)12(10)15(13,14)9(3)7-11/h8-10H,4-6H2,1-3H3. The highest BCUT2D eigenvalue weighted by Gasteiger charge is 2.40. The lowest BCUT2D eigenvalue weighted by Gasteiger charge is -2.27. The molecule has 0 N–H and O–H groups in total. The fourth-order valence-corrected chi connectivity index (χ4v) is 3.92. The second-order valence-electron chi connectivity index (χ2n) is 4.13. The summed E-state index contributed by atoms with van der Waals surface area (Å²) < 4.78 is 25.6. The van der Waals surface area contributed by atoms with Gasteiger partial charge in [0.2, 0.25) is 10.0 Å². The van der Waals surface area contributed by atoms with Crippen LogP contribution in [0.1, 0.15) is 40.0 Å². The monoisotopic (exact) mass is 230 g/mol. The summed E-state index contributed by atoms with van der Waals surface area (Å²) in [5.41, 5.74) is 0. The third-order valence-corrected chi connectivity index (χ3v) is 5.35. The summed E-state index contributed by atoms with van der Waals surface area (Å²) in [5, 5.41) is 7.78. The van der Waals surface area contributed by atoms with E-state index in [-0.39, 0.29) is 12.1 Å². The van der Waals surface area contributed by atoms with E-state index in [1.54, 1.807) is 4.31 Å². The molecule has 1 saturated heterocycles. The summed E-state index contributed by atoms with van der Waals surface area (Å²) in [7, 11) is -3.43. The molecule has 1 fully saturated rings. The average molecular weight is 230 g/mol. The van der Waals surface area contributed by atoms with Crippen LogP contribution in [0, 0.1) is 11.3 Å². The number of rotatable bonds is 3. The highest BCUT2D eigenvalue weighted by molar-refractivity contribution is 7.90. The first-order valence-electron chi connectivity index (χ1n) is 5.37. The molecule has 4 nitrogen and oxygen atoms in total. The van der Waals surface area contributed by atoms with Gasteiger partial charge in [-0.1, -0.05) is 6.92 Å². The van der Waals surface area contributed by atoms with E-state index in [0.717, 1.165) is 19.3 Å². The van der Waals surface area contributed by atoms with Crippen molar-refractivity contribution in [3.05, 3.63) is 0 Å². The molecule has 86 valence electrons. The van der Waals surface area contributed by atoms with Crippen molar-refractivity contribution in [2.45, 2.75) is 57.4 Å². The smallest absolute Gasteiger partial charge is 0.211 e. The van der Waals surface area contributed by atoms with Crippen LogP contribution in [0.25, 0.3) is 0 Å². The van der Waals surface area contributed by atoms with Crippen molar-refractivity contribution in [1.29, 1.82) is 5.26 Å². The van der Waals surface area contributed by atoms with Crippen molar-refractivity contribution in [1.82, 2.24) is 4.31 Å². The van der Waals surface area contributed by atoms with Gasteiger partial charge in [0.25, 0.3) is 0 Å². The molecule has 1 aliphatic heterocycles. The minimum absolute atomic E-state index is 0.0377. The number of hydrogen-bond acceptors (Lipinski definition) is 3. The predicted molar refractivity (Wildman–Crippen MR) is 58.6 cm³/mol. The topological polar surface area (TPSA) is 61.2 Å². The Bertz CT molecular complexity index is 358. The van der Waals surface area contributed by atoms with Gasteiger partial charge in [-0.05, 0) is 33.1 Å². The molecule has 0 aromatic carbocycles. The van der Waals surface area contributed by atoms with Gasteiger partial charge in [-0.2, -0.15) is 9.57 Å². The molecular weight excluding hydrogens is 212 g/mol. The van der Waals surface area contributed by atoms with Gasteiger partial charge >= 0.3 is 0 Å². The van der Waals surface area contributed by atoms with E-state index in [0.29, 0.717) is 0 Å². The number of nitrogens with zero attached hydrogens (tertiary/aromatic N) is 2. The van der Waals surface area contributed by atoms with Gasteiger partial charge in [0.1, 0.15) is 0 Å². The van der Waals surface area contributed by atoms with Crippen molar-refractivity contribution in [2.75, 3.05) is 0 Å². The third kappa shape index (κ3) is 2.16. The predicted octanol–water partition coefficient (Wildman–Crippen LogP) is 1.49. The van der Waals surface area contributed by atoms with Crippen LogP contribution in [0.3, 0.4) is 0 Å². The molecule has 0 saturated carbocycles. The van der Waals surface area contributed by atoms with Crippen LogP contribution in [0.15, 0.2) is 0 Å². The van der Waals surface area contributed by atoms with Gasteiger partial charge < -0.3 is 0 Å². The number of sulfonamides is 1. The lowest BCUT2D eigenvalue weighted by atomic mass is 10.2. The molecule has 1 rings (SSSR count). The normalized spacial score (nSPS) is 30.0. The molecule has 15 heavy (non-hydrogen) atoms. The summed E-state index contributed by atoms with van der Waals surface area (Å²) in [5.74, 6) is 0. The van der Waals surface area contributed by atoms with E-state index >= 15 is 0 Å². The Morgan fingerprint density at radius 2 is 2.13 bits per heavy atom. The van der Waals surface area contributed by atoms with Gasteiger partial charge in [0.15, 0.2) is 5.25 Å². The number of hydrogen-bond donors (Lipinski definition) is 0. The van der Waals surface area contributed by atoms with Crippen molar-refractivity contribution >= 4 is 10.0 Å². The maximum absolute atomic E-state index is 12.0. The molecule has 0 amide bonds. The maximum Gasteiger partial charge on any atom is 0.230 e. The highest BCUT2D eigenvalue weighted by atomic mass is 32.2. The van der Waals surface area contributed by atoms with Crippen LogP contribution in [-0.4, -0.2) is 30.1 Å². The van der Waals surface area contributed by atoms with E-state index in [9.17, 15) is 8.42 Å². The van der Waals surface area contributed by atoms with E-state index in [1.807, 2.05) is 19.9 Å². The molecule has 1 aliphatic rings. The molecule has 5 heteroatoms. The zero-order valence-corrected chi connectivity index (χ0v) is 10.3. The molecule has 1 heterocycles. The van der Waals surface area contributed by atoms with Crippen LogP contribution in [0.4, 0.5) is 0 Å². The molecule has 0 radical (unpaired) electrons. The van der Waals surface area contributed by atoms with E-state index in [2.05, 4.69) is 0 Å². The van der Waals surface area contributed by atoms with E-state index < -0.39 is 15.3 Å². The zero-order chi connectivity index (χ0) is 11.6. The molecule has 0 aliphatic carbocycles. The van der Waals surface area contributed by atoms with Crippen LogP contribution < -0.4 is 0 Å². The molecular formula is C10H18N2O2S. The van der Waals surface area contributed by atoms with Crippen molar-refractivity contribution < 1.29 is 8.42 Å². The lowest BCUT2D eigenvalue weighted by Crippen LogP contribution is -2.43. The lowest BCUT2D eigenvalue weighted by molar-refractivity contribution is 0.327. The van der Waals surface area contributed by atoms with Crippen molar-refractivity contribution in [3.63, 3.8) is 0 Å². The average Bonchev–Trinajstić information content (AvgIpc) is 2.58. The van der Waals surface area contributed by atoms with Crippen molar-refractivity contribution in [2.24, 2.45) is 0 Å². The fraction of sp³-hybridized carbons (Fsp3) is 0.900. The molecule has 0 aromatic rings. The Balaban J connectivity index is 3.00. The van der Waals surface area contributed by atoms with Crippen LogP contribution in [0.5, 0.6) is 0 Å². The molecule has 3 unspecified atom stereocenters. The third-order valence-electron chi connectivity index (χ3n) is 3.11. The van der Waals surface area contributed by atoms with Crippen LogP contribution in [0.2, 0.25) is 0 Å². The summed E-state index contributed by atoms with van der Waals surface area (Å²) in [6.45, 7) is 5.35. The van der Waals surface area contributed by atoms with Crippen LogP contribution in [-0.2, 0) is 10.0 Å². The largest absolute Gasteiger partial charge is 0.230 e. The highest BCUT2D eigenvalue weighted by Crippen LogP contribution is 2.30. The van der Waals surface area contributed by atoms with E-state index in [1.165, 1.54) is 6.92 Å². The molecule has 0 bridgehead atoms. The van der Waals surface area contributed by atoms with Crippen molar-refractivity contribution in [3.8, 4) is 6.07 Å². The van der Waals surface area contributed by atoms with Gasteiger partial charge in [-0.3, -0.25) is 0 Å². The zero-order valence-electron chi connectivity index (χ0n) is 9.47. The fourth-order valence-electron chi connectivity index (χ4n) is 2.14. The van der Waals surface area contributed by atoms with Gasteiger partial charge in [0, 0.05) is 12.1 Å². The first-order valence-corrected chi connectivity index (χ1v) is 6.87. The first kappa shape index (κ1) is 12.5. The second kappa shape index (κ2) is 4.50. The van der Waals surface area contributed by atoms with Crippen LogP contribution >= 0.6 is 0 Å². The Morgan fingerprint density at radius 3 is 2.60 bits per heavy atom. The first-order chi connectivity index (χ1) is 6.95. The van der Waals surface area contributed by atoms with E-state index in [4.69, 9.17) is 5.26 Å². The SMILES string of the molecule is CCC1CCC(C)N1S(=O)(=O)C(C)C#N. The summed E-state index contributed by atoms with van der Waals surface area (Å²) in [6, 6.07) is 1.94. The minimum Gasteiger partial charge on any atom is -0.211 e. The van der Waals surface area contributed by atoms with Gasteiger partial charge in [-0.15, -0.1) is 0 Å². The van der Waals surface area contributed by atoms with Gasteiger partial charge in [0.05, 0.1) is 6.07 Å². The molecule has 0 aromatic heterocycles. The number of nitriles is 1. The Labute approximate surface area is 91.9 Å². The Hall–Kier alpha value is -0.600. The maximum atomic E-state index is 12.0. The second-order valence-corrected chi connectivity index (χ2v) is 6.29. The Kier molecular flexibility index (Phi) is 3.74. The molecule has 3 atom stereocenters.